The van der Waals surface area contributed by atoms with Crippen molar-refractivity contribution in [3.05, 3.63) is 23.8 Å². The first kappa shape index (κ1) is 15.8. The summed E-state index contributed by atoms with van der Waals surface area (Å²) in [6.45, 7) is 5.88. The standard InChI is InChI=1S/C16H26O3/c1-3-5-11-18-15-8-7-14(9-10-17)13-16(15)19-12-6-4-2/h7-8,13,17H,3-6,9-12H2,1-2H3. The van der Waals surface area contributed by atoms with Crippen LogP contribution in [-0.4, -0.2) is 24.9 Å². The summed E-state index contributed by atoms with van der Waals surface area (Å²) in [6, 6.07) is 5.92. The molecule has 0 aliphatic carbocycles. The van der Waals surface area contributed by atoms with Crippen LogP contribution in [0.25, 0.3) is 0 Å². The van der Waals surface area contributed by atoms with Crippen LogP contribution in [-0.2, 0) is 6.42 Å². The zero-order valence-electron chi connectivity index (χ0n) is 12.2. The quantitative estimate of drug-likeness (QED) is 0.658. The molecule has 0 amide bonds. The van der Waals surface area contributed by atoms with Gasteiger partial charge in [-0.05, 0) is 37.0 Å². The molecule has 0 unspecified atom stereocenters. The molecule has 1 aromatic rings. The van der Waals surface area contributed by atoms with Crippen molar-refractivity contribution in [2.45, 2.75) is 46.0 Å². The summed E-state index contributed by atoms with van der Waals surface area (Å²) in [6.07, 6.45) is 4.97. The van der Waals surface area contributed by atoms with Crippen molar-refractivity contribution >= 4 is 0 Å². The third-order valence-electron chi connectivity index (χ3n) is 2.92. The van der Waals surface area contributed by atoms with Crippen LogP contribution < -0.4 is 9.47 Å². The molecule has 19 heavy (non-hydrogen) atoms. The van der Waals surface area contributed by atoms with E-state index >= 15 is 0 Å². The first-order chi connectivity index (χ1) is 9.31. The largest absolute Gasteiger partial charge is 0.490 e. The van der Waals surface area contributed by atoms with Gasteiger partial charge in [0.25, 0.3) is 0 Å². The fourth-order valence-electron chi connectivity index (χ4n) is 1.72. The molecule has 0 atom stereocenters. The van der Waals surface area contributed by atoms with Gasteiger partial charge in [-0.2, -0.15) is 0 Å². The Kier molecular flexibility index (Phi) is 8.07. The average molecular weight is 266 g/mol. The summed E-state index contributed by atoms with van der Waals surface area (Å²) in [5.74, 6) is 1.61. The van der Waals surface area contributed by atoms with Gasteiger partial charge in [-0.1, -0.05) is 32.8 Å². The van der Waals surface area contributed by atoms with Gasteiger partial charge in [-0.15, -0.1) is 0 Å². The first-order valence-corrected chi connectivity index (χ1v) is 7.31. The van der Waals surface area contributed by atoms with E-state index in [2.05, 4.69) is 13.8 Å². The summed E-state index contributed by atoms with van der Waals surface area (Å²) < 4.78 is 11.5. The summed E-state index contributed by atoms with van der Waals surface area (Å²) >= 11 is 0. The van der Waals surface area contributed by atoms with Gasteiger partial charge in [0.05, 0.1) is 13.2 Å². The maximum absolute atomic E-state index is 9.00. The van der Waals surface area contributed by atoms with Crippen molar-refractivity contribution in [1.82, 2.24) is 0 Å². The third kappa shape index (κ3) is 5.97. The second kappa shape index (κ2) is 9.68. The summed E-state index contributed by atoms with van der Waals surface area (Å²) in [5.41, 5.74) is 1.08. The number of benzene rings is 1. The van der Waals surface area contributed by atoms with Crippen LogP contribution in [0.5, 0.6) is 11.5 Å². The Labute approximate surface area is 116 Å². The van der Waals surface area contributed by atoms with E-state index in [1.807, 2.05) is 18.2 Å². The molecule has 0 fully saturated rings. The fraction of sp³-hybridized carbons (Fsp3) is 0.625. The van der Waals surface area contributed by atoms with Gasteiger partial charge in [-0.3, -0.25) is 0 Å². The highest BCUT2D eigenvalue weighted by Gasteiger charge is 2.06. The zero-order valence-corrected chi connectivity index (χ0v) is 12.2. The predicted octanol–water partition coefficient (Wildman–Crippen LogP) is 3.58. The molecule has 0 aliphatic rings. The number of aliphatic hydroxyl groups is 1. The second-order valence-corrected chi connectivity index (χ2v) is 4.66. The zero-order chi connectivity index (χ0) is 13.9. The normalized spacial score (nSPS) is 10.5. The molecular weight excluding hydrogens is 240 g/mol. The van der Waals surface area contributed by atoms with Crippen LogP contribution in [0.3, 0.4) is 0 Å². The van der Waals surface area contributed by atoms with Gasteiger partial charge >= 0.3 is 0 Å². The lowest BCUT2D eigenvalue weighted by Gasteiger charge is -2.14. The molecule has 3 heteroatoms. The Balaban J connectivity index is 2.69. The second-order valence-electron chi connectivity index (χ2n) is 4.66. The van der Waals surface area contributed by atoms with Crippen molar-refractivity contribution in [2.24, 2.45) is 0 Å². The fourth-order valence-corrected chi connectivity index (χ4v) is 1.72. The first-order valence-electron chi connectivity index (χ1n) is 7.31. The number of hydrogen-bond acceptors (Lipinski definition) is 3. The minimum absolute atomic E-state index is 0.157. The molecule has 0 spiro atoms. The average Bonchev–Trinajstić information content (AvgIpc) is 2.42. The van der Waals surface area contributed by atoms with Crippen LogP contribution in [0.4, 0.5) is 0 Å². The van der Waals surface area contributed by atoms with E-state index < -0.39 is 0 Å². The van der Waals surface area contributed by atoms with Gasteiger partial charge in [0.1, 0.15) is 0 Å². The SMILES string of the molecule is CCCCOc1ccc(CCO)cc1OCCCC. The highest BCUT2D eigenvalue weighted by atomic mass is 16.5. The number of hydrogen-bond donors (Lipinski definition) is 1. The molecule has 1 aromatic carbocycles. The topological polar surface area (TPSA) is 38.7 Å². The smallest absolute Gasteiger partial charge is 0.161 e. The number of ether oxygens (including phenoxy) is 2. The molecule has 0 aliphatic heterocycles. The van der Waals surface area contributed by atoms with E-state index in [0.717, 1.165) is 49.4 Å². The van der Waals surface area contributed by atoms with Crippen LogP contribution in [0.2, 0.25) is 0 Å². The van der Waals surface area contributed by atoms with Gasteiger partial charge < -0.3 is 14.6 Å². The molecular formula is C16H26O3. The van der Waals surface area contributed by atoms with E-state index in [4.69, 9.17) is 14.6 Å². The molecule has 0 aromatic heterocycles. The minimum Gasteiger partial charge on any atom is -0.490 e. The summed E-state index contributed by atoms with van der Waals surface area (Å²) in [7, 11) is 0. The van der Waals surface area contributed by atoms with Crippen molar-refractivity contribution in [3.63, 3.8) is 0 Å². The lowest BCUT2D eigenvalue weighted by atomic mass is 10.1. The minimum atomic E-state index is 0.157. The maximum atomic E-state index is 9.00. The Morgan fingerprint density at radius 3 is 2.16 bits per heavy atom. The van der Waals surface area contributed by atoms with E-state index in [-0.39, 0.29) is 6.61 Å². The molecule has 1 N–H and O–H groups in total. The van der Waals surface area contributed by atoms with E-state index in [9.17, 15) is 0 Å². The monoisotopic (exact) mass is 266 g/mol. The number of aliphatic hydroxyl groups excluding tert-OH is 1. The third-order valence-corrected chi connectivity index (χ3v) is 2.92. The predicted molar refractivity (Wildman–Crippen MR) is 78.0 cm³/mol. The molecule has 0 bridgehead atoms. The van der Waals surface area contributed by atoms with Gasteiger partial charge in [-0.25, -0.2) is 0 Å². The molecule has 108 valence electrons. The van der Waals surface area contributed by atoms with Gasteiger partial charge in [0, 0.05) is 6.61 Å². The number of rotatable bonds is 10. The molecule has 0 saturated carbocycles. The van der Waals surface area contributed by atoms with Crippen molar-refractivity contribution in [1.29, 1.82) is 0 Å². The van der Waals surface area contributed by atoms with Crippen LogP contribution in [0, 0.1) is 0 Å². The molecule has 0 radical (unpaired) electrons. The van der Waals surface area contributed by atoms with E-state index in [1.165, 1.54) is 0 Å². The molecule has 1 rings (SSSR count). The van der Waals surface area contributed by atoms with Crippen molar-refractivity contribution in [3.8, 4) is 11.5 Å². The summed E-state index contributed by atoms with van der Waals surface area (Å²) in [5, 5.41) is 9.00. The highest BCUT2D eigenvalue weighted by Crippen LogP contribution is 2.29. The molecule has 0 heterocycles. The lowest BCUT2D eigenvalue weighted by Crippen LogP contribution is -2.03. The molecule has 3 nitrogen and oxygen atoms in total. The Bertz CT molecular complexity index is 350. The van der Waals surface area contributed by atoms with E-state index in [1.54, 1.807) is 0 Å². The summed E-state index contributed by atoms with van der Waals surface area (Å²) in [4.78, 5) is 0. The van der Waals surface area contributed by atoms with Crippen molar-refractivity contribution in [2.75, 3.05) is 19.8 Å². The van der Waals surface area contributed by atoms with Gasteiger partial charge in [0.15, 0.2) is 11.5 Å². The van der Waals surface area contributed by atoms with Crippen LogP contribution in [0.1, 0.15) is 45.1 Å². The van der Waals surface area contributed by atoms with Crippen LogP contribution in [0.15, 0.2) is 18.2 Å². The van der Waals surface area contributed by atoms with Crippen LogP contribution >= 0.6 is 0 Å². The Morgan fingerprint density at radius 2 is 1.58 bits per heavy atom. The Hall–Kier alpha value is -1.22. The number of unbranched alkanes of at least 4 members (excludes halogenated alkanes) is 2. The van der Waals surface area contributed by atoms with Crippen molar-refractivity contribution < 1.29 is 14.6 Å². The Morgan fingerprint density at radius 1 is 0.947 bits per heavy atom. The van der Waals surface area contributed by atoms with E-state index in [0.29, 0.717) is 13.0 Å². The molecule has 0 saturated heterocycles. The maximum Gasteiger partial charge on any atom is 0.161 e. The lowest BCUT2D eigenvalue weighted by molar-refractivity contribution is 0.261. The highest BCUT2D eigenvalue weighted by molar-refractivity contribution is 5.43. The van der Waals surface area contributed by atoms with Gasteiger partial charge in [0.2, 0.25) is 0 Å².